The Labute approximate surface area is 210 Å². The summed E-state index contributed by atoms with van der Waals surface area (Å²) in [6.07, 6.45) is 6.96. The molecule has 1 saturated carbocycles. The third-order valence-electron chi connectivity index (χ3n) is 7.16. The number of halogens is 2. The summed E-state index contributed by atoms with van der Waals surface area (Å²) in [5, 5.41) is 4.20. The van der Waals surface area contributed by atoms with Crippen molar-refractivity contribution in [1.82, 2.24) is 15.0 Å². The van der Waals surface area contributed by atoms with Crippen molar-refractivity contribution in [3.63, 3.8) is 0 Å². The van der Waals surface area contributed by atoms with Crippen LogP contribution in [0.5, 0.6) is 0 Å². The lowest BCUT2D eigenvalue weighted by molar-refractivity contribution is -0.122. The van der Waals surface area contributed by atoms with Crippen LogP contribution in [0.15, 0.2) is 41.0 Å². The highest BCUT2D eigenvalue weighted by Gasteiger charge is 2.47. The first-order valence-corrected chi connectivity index (χ1v) is 12.6. The van der Waals surface area contributed by atoms with Gasteiger partial charge in [0.2, 0.25) is 5.91 Å². The molecular formula is C24H24BrClN6O2. The van der Waals surface area contributed by atoms with E-state index in [2.05, 4.69) is 54.3 Å². The van der Waals surface area contributed by atoms with Gasteiger partial charge >= 0.3 is 0 Å². The van der Waals surface area contributed by atoms with Crippen LogP contribution in [-0.4, -0.2) is 53.2 Å². The van der Waals surface area contributed by atoms with Gasteiger partial charge in [-0.2, -0.15) is 0 Å². The van der Waals surface area contributed by atoms with E-state index in [-0.39, 0.29) is 29.7 Å². The number of ether oxygens (including phenoxy) is 1. The number of nitrogens with two attached hydrogens (primary N) is 1. The molecule has 0 unspecified atom stereocenters. The average Bonchev–Trinajstić information content (AvgIpc) is 3.56. The largest absolute Gasteiger partial charge is 0.378 e. The number of amides is 1. The zero-order valence-corrected chi connectivity index (χ0v) is 20.6. The van der Waals surface area contributed by atoms with Crippen molar-refractivity contribution in [1.29, 1.82) is 0 Å². The van der Waals surface area contributed by atoms with Crippen molar-refractivity contribution in [2.75, 3.05) is 36.5 Å². The van der Waals surface area contributed by atoms with E-state index >= 15 is 0 Å². The van der Waals surface area contributed by atoms with Gasteiger partial charge in [-0.3, -0.25) is 4.79 Å². The minimum absolute atomic E-state index is 0.0717. The maximum absolute atomic E-state index is 12.2. The molecule has 0 radical (unpaired) electrons. The minimum atomic E-state index is -0.270. The van der Waals surface area contributed by atoms with Gasteiger partial charge in [-0.15, -0.1) is 0 Å². The molecule has 8 nitrogen and oxygen atoms in total. The van der Waals surface area contributed by atoms with Gasteiger partial charge < -0.3 is 25.7 Å². The second-order valence-corrected chi connectivity index (χ2v) is 10.3. The van der Waals surface area contributed by atoms with Gasteiger partial charge in [-0.1, -0.05) is 23.8 Å². The SMILES string of the molecule is NC(=O)[C@@H]1[C@H](Nc2c(Br)cnc3nc(-c4ccc(N5CCOCC5)cc4Cl)[nH]c23)[C@H]2C=C[C@@H]1C2. The highest BCUT2D eigenvalue weighted by Crippen LogP contribution is 2.46. The molecule has 1 aliphatic heterocycles. The van der Waals surface area contributed by atoms with Gasteiger partial charge in [0.1, 0.15) is 11.3 Å². The average molecular weight is 544 g/mol. The Balaban J connectivity index is 1.34. The highest BCUT2D eigenvalue weighted by molar-refractivity contribution is 9.10. The van der Waals surface area contributed by atoms with Crippen LogP contribution < -0.4 is 16.0 Å². The van der Waals surface area contributed by atoms with Crippen LogP contribution >= 0.6 is 27.5 Å². The molecule has 6 rings (SSSR count). The van der Waals surface area contributed by atoms with Gasteiger partial charge in [-0.05, 0) is 52.4 Å². The lowest BCUT2D eigenvalue weighted by atomic mass is 9.88. The molecular weight excluding hydrogens is 520 g/mol. The number of nitrogens with zero attached hydrogens (tertiary/aromatic N) is 3. The molecule has 2 aliphatic carbocycles. The Morgan fingerprint density at radius 1 is 1.26 bits per heavy atom. The Morgan fingerprint density at radius 2 is 2.06 bits per heavy atom. The second kappa shape index (κ2) is 8.55. The molecule has 3 heterocycles. The van der Waals surface area contributed by atoms with E-state index in [9.17, 15) is 4.79 Å². The molecule has 176 valence electrons. The molecule has 2 bridgehead atoms. The smallest absolute Gasteiger partial charge is 0.223 e. The molecule has 2 fully saturated rings. The van der Waals surface area contributed by atoms with Crippen LogP contribution in [0, 0.1) is 17.8 Å². The van der Waals surface area contributed by atoms with Crippen molar-refractivity contribution in [2.45, 2.75) is 12.5 Å². The first-order valence-electron chi connectivity index (χ1n) is 11.4. The van der Waals surface area contributed by atoms with Gasteiger partial charge in [0.05, 0.1) is 34.3 Å². The number of pyridine rings is 1. The first-order chi connectivity index (χ1) is 16.5. The maximum atomic E-state index is 12.2. The van der Waals surface area contributed by atoms with E-state index in [1.165, 1.54) is 0 Å². The zero-order valence-electron chi connectivity index (χ0n) is 18.3. The van der Waals surface area contributed by atoms with Crippen molar-refractivity contribution < 1.29 is 9.53 Å². The lowest BCUT2D eigenvalue weighted by Gasteiger charge is -2.29. The number of anilines is 2. The molecule has 34 heavy (non-hydrogen) atoms. The Morgan fingerprint density at radius 3 is 2.82 bits per heavy atom. The number of carbonyl (C=O) groups excluding carboxylic acids is 1. The lowest BCUT2D eigenvalue weighted by Crippen LogP contribution is -2.41. The van der Waals surface area contributed by atoms with Crippen LogP contribution in [0.2, 0.25) is 5.02 Å². The molecule has 4 N–H and O–H groups in total. The number of morpholine rings is 1. The Hall–Kier alpha value is -2.62. The van der Waals surface area contributed by atoms with Crippen LogP contribution in [0.4, 0.5) is 11.4 Å². The number of primary amides is 1. The quantitative estimate of drug-likeness (QED) is 0.420. The number of aromatic nitrogens is 3. The fraction of sp³-hybridized carbons (Fsp3) is 0.375. The topological polar surface area (TPSA) is 109 Å². The predicted octanol–water partition coefficient (Wildman–Crippen LogP) is 3.97. The predicted molar refractivity (Wildman–Crippen MR) is 136 cm³/mol. The Kier molecular flexibility index (Phi) is 5.50. The fourth-order valence-electron chi connectivity index (χ4n) is 5.49. The molecule has 1 aromatic carbocycles. The van der Waals surface area contributed by atoms with E-state index in [1.807, 2.05) is 12.1 Å². The number of rotatable bonds is 5. The van der Waals surface area contributed by atoms with Gasteiger partial charge in [0.15, 0.2) is 5.65 Å². The standard InChI is InChI=1S/C24H24BrClN6O2/c25-16-11-28-24-21(20(16)29-19-13-2-1-12(9-13)18(19)22(27)33)30-23(31-24)15-4-3-14(10-17(15)26)32-5-7-34-8-6-32/h1-4,10-13,18-19H,5-9H2,(H2,27,33)(H2,28,29,30,31)/t12-,13+,18+,19-/m1/s1. The molecule has 1 amide bonds. The number of aromatic amines is 1. The molecule has 3 aliphatic rings. The van der Waals surface area contributed by atoms with Crippen molar-refractivity contribution in [2.24, 2.45) is 23.5 Å². The highest BCUT2D eigenvalue weighted by atomic mass is 79.9. The summed E-state index contributed by atoms with van der Waals surface area (Å²) in [6, 6.07) is 5.94. The molecule has 3 aromatic rings. The molecule has 0 spiro atoms. The number of carbonyl (C=O) groups is 1. The summed E-state index contributed by atoms with van der Waals surface area (Å²) in [5.74, 6) is 0.587. The summed E-state index contributed by atoms with van der Waals surface area (Å²) in [6.45, 7) is 3.12. The van der Waals surface area contributed by atoms with Crippen LogP contribution in [0.3, 0.4) is 0 Å². The van der Waals surface area contributed by atoms with Gasteiger partial charge in [0.25, 0.3) is 0 Å². The van der Waals surface area contributed by atoms with E-state index < -0.39 is 0 Å². The summed E-state index contributed by atoms with van der Waals surface area (Å²) >= 11 is 10.3. The number of hydrogen-bond donors (Lipinski definition) is 3. The van der Waals surface area contributed by atoms with Crippen LogP contribution in [0.1, 0.15) is 6.42 Å². The van der Waals surface area contributed by atoms with E-state index in [4.69, 9.17) is 27.1 Å². The number of imidazole rings is 1. The monoisotopic (exact) mass is 542 g/mol. The number of hydrogen-bond acceptors (Lipinski definition) is 6. The number of allylic oxidation sites excluding steroid dienone is 1. The first kappa shape index (κ1) is 21.9. The van der Waals surface area contributed by atoms with Gasteiger partial charge in [-0.25, -0.2) is 9.97 Å². The summed E-state index contributed by atoms with van der Waals surface area (Å²) in [5.41, 5.74) is 9.78. The molecule has 2 aromatic heterocycles. The van der Waals surface area contributed by atoms with E-state index in [0.29, 0.717) is 29.7 Å². The zero-order chi connectivity index (χ0) is 23.4. The second-order valence-electron chi connectivity index (χ2n) is 9.08. The molecule has 10 heteroatoms. The van der Waals surface area contributed by atoms with Crippen LogP contribution in [-0.2, 0) is 9.53 Å². The van der Waals surface area contributed by atoms with Crippen LogP contribution in [0.25, 0.3) is 22.6 Å². The number of nitrogens with one attached hydrogen (secondary N) is 2. The Bertz CT molecular complexity index is 1300. The summed E-state index contributed by atoms with van der Waals surface area (Å²) < 4.78 is 6.24. The number of H-pyrrole nitrogens is 1. The summed E-state index contributed by atoms with van der Waals surface area (Å²) in [7, 11) is 0. The molecule has 1 saturated heterocycles. The third-order valence-corrected chi connectivity index (χ3v) is 8.07. The van der Waals surface area contributed by atoms with Gasteiger partial charge in [0, 0.05) is 36.6 Å². The summed E-state index contributed by atoms with van der Waals surface area (Å²) in [4.78, 5) is 27.1. The fourth-order valence-corrected chi connectivity index (χ4v) is 6.17. The minimum Gasteiger partial charge on any atom is -0.378 e. The number of fused-ring (bicyclic) bond motifs is 3. The van der Waals surface area contributed by atoms with Crippen molar-refractivity contribution in [3.05, 3.63) is 46.0 Å². The van der Waals surface area contributed by atoms with E-state index in [1.54, 1.807) is 6.20 Å². The third kappa shape index (κ3) is 3.66. The maximum Gasteiger partial charge on any atom is 0.223 e. The van der Waals surface area contributed by atoms with Crippen molar-refractivity contribution in [3.8, 4) is 11.4 Å². The van der Waals surface area contributed by atoms with E-state index in [0.717, 1.165) is 46.4 Å². The van der Waals surface area contributed by atoms with Crippen molar-refractivity contribution >= 4 is 56.0 Å². The molecule has 4 atom stereocenters. The normalized spacial score (nSPS) is 25.9. The number of benzene rings is 1.